The van der Waals surface area contributed by atoms with Crippen LogP contribution in [0.1, 0.15) is 69.7 Å². The van der Waals surface area contributed by atoms with Crippen LogP contribution in [-0.2, 0) is 45.1 Å². The van der Waals surface area contributed by atoms with E-state index >= 15 is 0 Å². The number of carbonyl (C=O) groups excluding carboxylic acids is 3. The molecule has 0 saturated carbocycles. The first-order valence-electron chi connectivity index (χ1n) is 25.6. The van der Waals surface area contributed by atoms with Crippen molar-refractivity contribution in [1.29, 1.82) is 0 Å². The predicted octanol–water partition coefficient (Wildman–Crippen LogP) is 8.56. The normalized spacial score (nSPS) is 16.1. The summed E-state index contributed by atoms with van der Waals surface area (Å²) in [6.07, 6.45) is 4.36. The van der Waals surface area contributed by atoms with Crippen molar-refractivity contribution in [3.63, 3.8) is 0 Å². The maximum absolute atomic E-state index is 14.3. The van der Waals surface area contributed by atoms with E-state index in [1.807, 2.05) is 58.5 Å². The zero-order valence-electron chi connectivity index (χ0n) is 43.8. The van der Waals surface area contributed by atoms with E-state index in [-0.39, 0.29) is 47.8 Å². The SMILES string of the molecule is COCCOCCOCCN(CC(C)(C)SSCCCC(=O)NN)c1cc(COc2cc3c(cc2OC)C(=O)N2c4ccccc4C[C@H]2C=N3)cc(COc2cc3c(cc2OC)C(=O)N2c4ccccc4C[C@H]2CN3)c1. The van der Waals surface area contributed by atoms with Crippen molar-refractivity contribution in [3.8, 4) is 23.0 Å². The second kappa shape index (κ2) is 25.1. The number of para-hydroxylation sites is 2. The first-order valence-corrected chi connectivity index (χ1v) is 27.9. The van der Waals surface area contributed by atoms with E-state index in [1.165, 1.54) is 0 Å². The Bertz CT molecular complexity index is 2920. The van der Waals surface area contributed by atoms with Gasteiger partial charge in [-0.05, 0) is 91.4 Å². The van der Waals surface area contributed by atoms with Crippen molar-refractivity contribution in [2.45, 2.75) is 69.6 Å². The van der Waals surface area contributed by atoms with Crippen LogP contribution in [0.5, 0.6) is 23.0 Å². The summed E-state index contributed by atoms with van der Waals surface area (Å²) < 4.78 is 41.8. The summed E-state index contributed by atoms with van der Waals surface area (Å²) in [5.41, 5.74) is 11.0. The summed E-state index contributed by atoms with van der Waals surface area (Å²) in [5, 5.41) is 3.54. The van der Waals surface area contributed by atoms with Gasteiger partial charge in [-0.3, -0.25) is 29.7 Å². The Kier molecular flexibility index (Phi) is 18.0. The minimum atomic E-state index is -0.256. The molecule has 19 heteroatoms. The van der Waals surface area contributed by atoms with Gasteiger partial charge < -0.3 is 48.3 Å². The number of anilines is 4. The largest absolute Gasteiger partial charge is 0.493 e. The number of methoxy groups -OCH3 is 3. The standard InChI is InChI=1S/C57H67N7O10S2/c1-57(2,76-75-22-10-15-54(65)61-58)36-62(16-17-71-20-21-72-19-18-68-3)41-24-37(34-73-52-30-46-44(28-50(52)69-4)55(66)63-42(32-59-46)26-39-11-6-8-13-48(39)63)23-38(25-41)35-74-53-31-47-45(29-51(53)70-5)56(67)64-43(33-60-47)27-40-12-7-9-14-49(40)64/h6-9,11-14,23-25,28-32,42-43,60H,10,15-22,26-27,33-36,58H2,1-5H3,(H,61,65)/t42-,43-/m0/s1. The average molecular weight is 1070 g/mol. The lowest BCUT2D eigenvalue weighted by Gasteiger charge is -2.34. The van der Waals surface area contributed by atoms with Gasteiger partial charge in [0.15, 0.2) is 23.0 Å². The fraction of sp³-hybridized carbons (Fsp3) is 0.404. The van der Waals surface area contributed by atoms with Crippen molar-refractivity contribution < 1.29 is 47.5 Å². The molecule has 5 aromatic carbocycles. The summed E-state index contributed by atoms with van der Waals surface area (Å²) in [6, 6.07) is 29.2. The third-order valence-electron chi connectivity index (χ3n) is 13.6. The molecule has 2 atom stereocenters. The fourth-order valence-electron chi connectivity index (χ4n) is 10.0. The molecular weight excluding hydrogens is 1010 g/mol. The Labute approximate surface area is 452 Å². The molecule has 0 aromatic heterocycles. The van der Waals surface area contributed by atoms with Crippen LogP contribution in [0, 0.1) is 0 Å². The van der Waals surface area contributed by atoms with E-state index in [0.717, 1.165) is 51.5 Å². The first kappa shape index (κ1) is 54.3. The summed E-state index contributed by atoms with van der Waals surface area (Å²) in [6.45, 7) is 8.78. The number of hydrogen-bond acceptors (Lipinski definition) is 16. The molecule has 0 saturated heterocycles. The zero-order valence-corrected chi connectivity index (χ0v) is 45.4. The van der Waals surface area contributed by atoms with E-state index in [1.54, 1.807) is 61.1 Å². The van der Waals surface area contributed by atoms with Crippen LogP contribution >= 0.6 is 21.6 Å². The van der Waals surface area contributed by atoms with Gasteiger partial charge in [-0.25, -0.2) is 5.84 Å². The number of aliphatic imine (C=N–C) groups is 1. The number of nitrogens with two attached hydrogens (primary N) is 1. The molecule has 4 heterocycles. The van der Waals surface area contributed by atoms with Crippen LogP contribution in [0.2, 0.25) is 0 Å². The number of carbonyl (C=O) groups is 3. The van der Waals surface area contributed by atoms with Crippen LogP contribution in [0.25, 0.3) is 0 Å². The highest BCUT2D eigenvalue weighted by molar-refractivity contribution is 8.77. The van der Waals surface area contributed by atoms with Gasteiger partial charge in [-0.15, -0.1) is 0 Å². The van der Waals surface area contributed by atoms with Gasteiger partial charge in [0.1, 0.15) is 13.2 Å². The Balaban J connectivity index is 0.999. The lowest BCUT2D eigenvalue weighted by molar-refractivity contribution is -0.121. The highest BCUT2D eigenvalue weighted by Crippen LogP contribution is 2.44. The van der Waals surface area contributed by atoms with Crippen molar-refractivity contribution >= 4 is 74.0 Å². The van der Waals surface area contributed by atoms with Gasteiger partial charge in [0.05, 0.1) is 81.8 Å². The van der Waals surface area contributed by atoms with Gasteiger partial charge in [0.2, 0.25) is 5.91 Å². The molecule has 0 aliphatic carbocycles. The van der Waals surface area contributed by atoms with E-state index < -0.39 is 0 Å². The topological polar surface area (TPSA) is 188 Å². The summed E-state index contributed by atoms with van der Waals surface area (Å²) in [4.78, 5) is 51.1. The lowest BCUT2D eigenvalue weighted by atomic mass is 10.1. The van der Waals surface area contributed by atoms with Gasteiger partial charge in [-0.1, -0.05) is 58.0 Å². The number of nitrogens with zero attached hydrogens (tertiary/aromatic N) is 4. The van der Waals surface area contributed by atoms with Crippen LogP contribution in [0.4, 0.5) is 28.4 Å². The number of benzene rings is 5. The van der Waals surface area contributed by atoms with Crippen molar-refractivity contribution in [3.05, 3.63) is 124 Å². The van der Waals surface area contributed by atoms with Crippen molar-refractivity contribution in [1.82, 2.24) is 5.43 Å². The molecule has 17 nitrogen and oxygen atoms in total. The molecule has 0 spiro atoms. The molecule has 0 bridgehead atoms. The molecule has 5 aromatic rings. The van der Waals surface area contributed by atoms with Crippen molar-refractivity contribution in [2.75, 3.05) is 99.8 Å². The molecule has 4 N–H and O–H groups in total. The Morgan fingerprint density at radius 2 is 1.41 bits per heavy atom. The molecule has 76 heavy (non-hydrogen) atoms. The number of hydrogen-bond donors (Lipinski definition) is 3. The second-order valence-corrected chi connectivity index (χ2v) is 22.6. The summed E-state index contributed by atoms with van der Waals surface area (Å²) in [5.74, 6) is 7.45. The quantitative estimate of drug-likeness (QED) is 0.0157. The number of nitrogens with one attached hydrogen (secondary N) is 2. The molecular formula is C57H67N7O10S2. The molecule has 0 radical (unpaired) electrons. The van der Waals surface area contributed by atoms with Crippen LogP contribution in [0.3, 0.4) is 0 Å². The van der Waals surface area contributed by atoms with E-state index in [0.29, 0.717) is 117 Å². The maximum Gasteiger partial charge on any atom is 0.261 e. The Morgan fingerprint density at radius 3 is 2.11 bits per heavy atom. The van der Waals surface area contributed by atoms with E-state index in [2.05, 4.69) is 59.8 Å². The number of hydrazine groups is 1. The average Bonchev–Trinajstić information content (AvgIpc) is 3.93. The lowest BCUT2D eigenvalue weighted by Crippen LogP contribution is -2.39. The van der Waals surface area contributed by atoms with E-state index in [9.17, 15) is 14.4 Å². The highest BCUT2D eigenvalue weighted by atomic mass is 33.1. The second-order valence-electron chi connectivity index (χ2n) is 19.5. The van der Waals surface area contributed by atoms with Gasteiger partial charge in [0.25, 0.3) is 11.8 Å². The monoisotopic (exact) mass is 1070 g/mol. The van der Waals surface area contributed by atoms with E-state index in [4.69, 9.17) is 44.0 Å². The summed E-state index contributed by atoms with van der Waals surface area (Å²) >= 11 is 0. The molecule has 4 aliphatic heterocycles. The molecule has 402 valence electrons. The number of amides is 3. The predicted molar refractivity (Wildman–Crippen MR) is 301 cm³/mol. The molecule has 0 unspecified atom stereocenters. The Hall–Kier alpha value is -6.48. The third kappa shape index (κ3) is 12.7. The van der Waals surface area contributed by atoms with Crippen LogP contribution in [-0.4, -0.2) is 121 Å². The van der Waals surface area contributed by atoms with Gasteiger partial charge in [0, 0.05) is 85.5 Å². The molecule has 0 fully saturated rings. The molecule has 9 rings (SSSR count). The maximum atomic E-state index is 14.3. The van der Waals surface area contributed by atoms with Gasteiger partial charge in [-0.2, -0.15) is 0 Å². The first-order chi connectivity index (χ1) is 37.0. The number of rotatable bonds is 26. The minimum absolute atomic E-state index is 0.0259. The smallest absolute Gasteiger partial charge is 0.261 e. The van der Waals surface area contributed by atoms with Crippen LogP contribution < -0.4 is 50.2 Å². The Morgan fingerprint density at radius 1 is 0.776 bits per heavy atom. The minimum Gasteiger partial charge on any atom is -0.493 e. The third-order valence-corrected chi connectivity index (χ3v) is 17.0. The van der Waals surface area contributed by atoms with Crippen molar-refractivity contribution in [2.24, 2.45) is 10.8 Å². The highest BCUT2D eigenvalue weighted by Gasteiger charge is 2.39. The van der Waals surface area contributed by atoms with Gasteiger partial charge >= 0.3 is 0 Å². The van der Waals surface area contributed by atoms with Crippen LogP contribution in [0.15, 0.2) is 96.0 Å². The molecule has 3 amide bonds. The number of fused-ring (bicyclic) bond motifs is 8. The fourth-order valence-corrected chi connectivity index (χ4v) is 12.6. The summed E-state index contributed by atoms with van der Waals surface area (Å²) in [7, 11) is 8.28. The number of ether oxygens (including phenoxy) is 7. The zero-order chi connectivity index (χ0) is 53.2. The molecule has 4 aliphatic rings.